The van der Waals surface area contributed by atoms with E-state index in [9.17, 15) is 0 Å². The average Bonchev–Trinajstić information content (AvgIpc) is 2.18. The Kier molecular flexibility index (Phi) is 9.16. The van der Waals surface area contributed by atoms with Crippen LogP contribution >= 0.6 is 0 Å². The van der Waals surface area contributed by atoms with Gasteiger partial charge in [0.1, 0.15) is 0 Å². The van der Waals surface area contributed by atoms with Crippen molar-refractivity contribution in [3.63, 3.8) is 0 Å². The quantitative estimate of drug-likeness (QED) is 0.441. The molecular formula is C11H26O4Si. The van der Waals surface area contributed by atoms with Crippen molar-refractivity contribution in [3.05, 3.63) is 0 Å². The van der Waals surface area contributed by atoms with Crippen molar-refractivity contribution in [2.24, 2.45) is 0 Å². The molecule has 0 rings (SSSR count). The molecule has 0 spiro atoms. The van der Waals surface area contributed by atoms with Crippen LogP contribution in [0.5, 0.6) is 0 Å². The molecule has 0 unspecified atom stereocenters. The molecule has 0 saturated heterocycles. The van der Waals surface area contributed by atoms with Crippen LogP contribution < -0.4 is 0 Å². The number of hydrogen-bond donors (Lipinski definition) is 0. The van der Waals surface area contributed by atoms with Crippen LogP contribution in [0.4, 0.5) is 0 Å². The molecule has 0 aliphatic rings. The van der Waals surface area contributed by atoms with Gasteiger partial charge >= 0.3 is 8.56 Å². The molecular weight excluding hydrogens is 224 g/mol. The minimum Gasteiger partial charge on any atom is -0.395 e. The Hall–Kier alpha value is 0.0569. The molecule has 0 fully saturated rings. The molecule has 0 aromatic rings. The van der Waals surface area contributed by atoms with E-state index in [1.807, 2.05) is 27.7 Å². The average molecular weight is 250 g/mol. The second kappa shape index (κ2) is 9.12. The zero-order valence-corrected chi connectivity index (χ0v) is 12.2. The predicted octanol–water partition coefficient (Wildman–Crippen LogP) is 2.53. The van der Waals surface area contributed by atoms with E-state index in [0.717, 1.165) is 6.04 Å². The van der Waals surface area contributed by atoms with Crippen LogP contribution in [-0.4, -0.2) is 41.3 Å². The molecule has 0 N–H and O–H groups in total. The second-order valence-corrected chi connectivity index (χ2v) is 6.80. The van der Waals surface area contributed by atoms with Gasteiger partial charge in [-0.1, -0.05) is 0 Å². The van der Waals surface area contributed by atoms with Crippen LogP contribution in [0.15, 0.2) is 0 Å². The SMILES string of the molecule is CCOC(C[Si](C)(OCC)OCC)OCC. The lowest BCUT2D eigenvalue weighted by molar-refractivity contribution is -0.127. The number of rotatable bonds is 10. The number of ether oxygens (including phenoxy) is 2. The van der Waals surface area contributed by atoms with Gasteiger partial charge in [-0.05, 0) is 34.2 Å². The lowest BCUT2D eigenvalue weighted by Crippen LogP contribution is -2.43. The zero-order valence-electron chi connectivity index (χ0n) is 11.2. The van der Waals surface area contributed by atoms with Crippen molar-refractivity contribution in [2.75, 3.05) is 26.4 Å². The van der Waals surface area contributed by atoms with E-state index < -0.39 is 8.56 Å². The van der Waals surface area contributed by atoms with Gasteiger partial charge in [0, 0.05) is 32.5 Å². The van der Waals surface area contributed by atoms with Crippen LogP contribution in [0, 0.1) is 0 Å². The van der Waals surface area contributed by atoms with E-state index in [0.29, 0.717) is 26.4 Å². The van der Waals surface area contributed by atoms with E-state index in [-0.39, 0.29) is 6.29 Å². The molecule has 0 heterocycles. The highest BCUT2D eigenvalue weighted by Crippen LogP contribution is 2.18. The lowest BCUT2D eigenvalue weighted by Gasteiger charge is -2.29. The van der Waals surface area contributed by atoms with Gasteiger partial charge in [0.15, 0.2) is 6.29 Å². The molecule has 4 nitrogen and oxygen atoms in total. The van der Waals surface area contributed by atoms with E-state index >= 15 is 0 Å². The Morgan fingerprint density at radius 3 is 1.56 bits per heavy atom. The monoisotopic (exact) mass is 250 g/mol. The van der Waals surface area contributed by atoms with Gasteiger partial charge in [-0.15, -0.1) is 0 Å². The fourth-order valence-corrected chi connectivity index (χ4v) is 3.99. The Morgan fingerprint density at radius 1 is 0.812 bits per heavy atom. The fourth-order valence-electron chi connectivity index (χ4n) is 1.61. The smallest absolute Gasteiger partial charge is 0.340 e. The first-order chi connectivity index (χ1) is 7.61. The third-order valence-corrected chi connectivity index (χ3v) is 5.02. The molecule has 0 amide bonds. The van der Waals surface area contributed by atoms with Crippen LogP contribution in [-0.2, 0) is 18.3 Å². The normalized spacial score (nSPS) is 12.4. The predicted molar refractivity (Wildman–Crippen MR) is 66.7 cm³/mol. The first kappa shape index (κ1) is 16.1. The summed E-state index contributed by atoms with van der Waals surface area (Å²) in [6, 6.07) is 0.719. The van der Waals surface area contributed by atoms with Gasteiger partial charge < -0.3 is 18.3 Å². The summed E-state index contributed by atoms with van der Waals surface area (Å²) < 4.78 is 22.5. The van der Waals surface area contributed by atoms with Crippen molar-refractivity contribution >= 4 is 8.56 Å². The molecule has 0 aromatic carbocycles. The van der Waals surface area contributed by atoms with E-state index in [2.05, 4.69) is 6.55 Å². The van der Waals surface area contributed by atoms with Gasteiger partial charge in [0.05, 0.1) is 0 Å². The summed E-state index contributed by atoms with van der Waals surface area (Å²) in [6.07, 6.45) is -0.204. The molecule has 16 heavy (non-hydrogen) atoms. The standard InChI is InChI=1S/C11H26O4Si/c1-6-12-11(13-7-2)10-16(5,14-8-3)15-9-4/h11H,6-10H2,1-5H3. The Bertz CT molecular complexity index is 154. The summed E-state index contributed by atoms with van der Waals surface area (Å²) in [5, 5.41) is 0. The zero-order chi connectivity index (χ0) is 12.4. The fraction of sp³-hybridized carbons (Fsp3) is 1.00. The summed E-state index contributed by atoms with van der Waals surface area (Å²) in [5.74, 6) is 0. The molecule has 5 heteroatoms. The van der Waals surface area contributed by atoms with Crippen molar-refractivity contribution in [2.45, 2.75) is 46.6 Å². The van der Waals surface area contributed by atoms with Crippen molar-refractivity contribution < 1.29 is 18.3 Å². The number of hydrogen-bond acceptors (Lipinski definition) is 4. The van der Waals surface area contributed by atoms with Crippen LogP contribution in [0.1, 0.15) is 27.7 Å². The maximum Gasteiger partial charge on any atom is 0.340 e. The highest BCUT2D eigenvalue weighted by molar-refractivity contribution is 6.66. The molecule has 98 valence electrons. The summed E-state index contributed by atoms with van der Waals surface area (Å²) in [5.41, 5.74) is 0. The highest BCUT2D eigenvalue weighted by Gasteiger charge is 2.35. The van der Waals surface area contributed by atoms with Crippen molar-refractivity contribution in [1.29, 1.82) is 0 Å². The van der Waals surface area contributed by atoms with Gasteiger partial charge in [-0.2, -0.15) is 0 Å². The minimum absolute atomic E-state index is 0.204. The molecule has 0 aliphatic heterocycles. The topological polar surface area (TPSA) is 36.9 Å². The first-order valence-electron chi connectivity index (χ1n) is 6.12. The third kappa shape index (κ3) is 6.60. The maximum atomic E-state index is 5.75. The third-order valence-electron chi connectivity index (χ3n) is 2.14. The molecule has 0 aromatic heterocycles. The van der Waals surface area contributed by atoms with Crippen molar-refractivity contribution in [1.82, 2.24) is 0 Å². The second-order valence-electron chi connectivity index (χ2n) is 3.54. The van der Waals surface area contributed by atoms with Crippen LogP contribution in [0.2, 0.25) is 12.6 Å². The molecule has 0 atom stereocenters. The largest absolute Gasteiger partial charge is 0.395 e. The van der Waals surface area contributed by atoms with Gasteiger partial charge in [0.2, 0.25) is 0 Å². The lowest BCUT2D eigenvalue weighted by atomic mass is 10.7. The highest BCUT2D eigenvalue weighted by atomic mass is 28.4. The molecule has 0 radical (unpaired) electrons. The Morgan fingerprint density at radius 2 is 1.25 bits per heavy atom. The molecule has 0 aliphatic carbocycles. The first-order valence-corrected chi connectivity index (χ1v) is 8.65. The summed E-state index contributed by atoms with van der Waals surface area (Å²) in [4.78, 5) is 0. The van der Waals surface area contributed by atoms with Gasteiger partial charge in [-0.3, -0.25) is 0 Å². The van der Waals surface area contributed by atoms with Crippen LogP contribution in [0.25, 0.3) is 0 Å². The molecule has 0 bridgehead atoms. The Balaban J connectivity index is 4.30. The van der Waals surface area contributed by atoms with E-state index in [4.69, 9.17) is 18.3 Å². The van der Waals surface area contributed by atoms with Gasteiger partial charge in [0.25, 0.3) is 0 Å². The Labute approximate surface area is 100 Å². The maximum absolute atomic E-state index is 5.75. The minimum atomic E-state index is -2.14. The van der Waals surface area contributed by atoms with E-state index in [1.54, 1.807) is 0 Å². The summed E-state index contributed by atoms with van der Waals surface area (Å²) >= 11 is 0. The van der Waals surface area contributed by atoms with Crippen LogP contribution in [0.3, 0.4) is 0 Å². The molecule has 0 saturated carbocycles. The van der Waals surface area contributed by atoms with Crippen molar-refractivity contribution in [3.8, 4) is 0 Å². The van der Waals surface area contributed by atoms with E-state index in [1.165, 1.54) is 0 Å². The van der Waals surface area contributed by atoms with Gasteiger partial charge in [-0.25, -0.2) is 0 Å². The summed E-state index contributed by atoms with van der Waals surface area (Å²) in [7, 11) is -2.14. The summed E-state index contributed by atoms with van der Waals surface area (Å²) in [6.45, 7) is 12.6.